The summed E-state index contributed by atoms with van der Waals surface area (Å²) in [6, 6.07) is 0.863. The molecule has 0 aromatic rings. The van der Waals surface area contributed by atoms with Crippen LogP contribution in [0, 0.1) is 0 Å². The maximum Gasteiger partial charge on any atom is 0.0579 e. The zero-order valence-corrected chi connectivity index (χ0v) is 8.25. The maximum absolute atomic E-state index is 9.49. The van der Waals surface area contributed by atoms with Crippen molar-refractivity contribution in [2.24, 2.45) is 0 Å². The van der Waals surface area contributed by atoms with Crippen LogP contribution < -0.4 is 0 Å². The van der Waals surface area contributed by atoms with Crippen molar-refractivity contribution < 1.29 is 5.11 Å². The number of hydrogen-bond donors (Lipinski definition) is 1. The Morgan fingerprint density at radius 3 is 2.08 bits per heavy atom. The molecule has 1 heterocycles. The van der Waals surface area contributed by atoms with E-state index in [1.807, 2.05) is 6.92 Å². The fourth-order valence-electron chi connectivity index (χ4n) is 2.30. The fraction of sp³-hybridized carbons (Fsp3) is 0.800. The van der Waals surface area contributed by atoms with Gasteiger partial charge < -0.3 is 10.0 Å². The predicted octanol–water partition coefficient (Wildman–Crippen LogP) is 1.75. The van der Waals surface area contributed by atoms with Crippen molar-refractivity contribution in [3.63, 3.8) is 0 Å². The molecule has 0 radical (unpaired) electrons. The Hall–Kier alpha value is -0.500. The van der Waals surface area contributed by atoms with Crippen LogP contribution in [0.25, 0.3) is 0 Å². The highest BCUT2D eigenvalue weighted by atomic mass is 16.3. The third-order valence-corrected chi connectivity index (χ3v) is 2.62. The smallest absolute Gasteiger partial charge is 0.0579 e. The molecule has 0 saturated carbocycles. The van der Waals surface area contributed by atoms with Gasteiger partial charge in [-0.25, -0.2) is 0 Å². The summed E-state index contributed by atoms with van der Waals surface area (Å²) in [4.78, 5) is 2.30. The van der Waals surface area contributed by atoms with E-state index in [-0.39, 0.29) is 6.10 Å². The predicted molar refractivity (Wildman–Crippen MR) is 50.8 cm³/mol. The van der Waals surface area contributed by atoms with E-state index >= 15 is 0 Å². The molecule has 2 nitrogen and oxygen atoms in total. The summed E-state index contributed by atoms with van der Waals surface area (Å²) in [5, 5.41) is 9.49. The van der Waals surface area contributed by atoms with E-state index in [9.17, 15) is 5.11 Å². The lowest BCUT2D eigenvalue weighted by atomic mass is 9.94. The molecule has 1 aliphatic rings. The minimum atomic E-state index is -0.120. The molecule has 0 spiro atoms. The number of aliphatic hydroxyl groups excluding tert-OH is 1. The molecule has 0 aromatic carbocycles. The van der Waals surface area contributed by atoms with Crippen LogP contribution in [0.15, 0.2) is 12.3 Å². The van der Waals surface area contributed by atoms with Crippen LogP contribution in [0.2, 0.25) is 0 Å². The Balaban J connectivity index is 2.66. The molecule has 2 heteroatoms. The molecule has 0 unspecified atom stereocenters. The van der Waals surface area contributed by atoms with Crippen molar-refractivity contribution in [1.29, 1.82) is 0 Å². The minimum absolute atomic E-state index is 0.120. The third-order valence-electron chi connectivity index (χ3n) is 2.62. The second-order valence-corrected chi connectivity index (χ2v) is 3.97. The Kier molecular flexibility index (Phi) is 2.78. The monoisotopic (exact) mass is 169 g/mol. The Morgan fingerprint density at radius 1 is 1.33 bits per heavy atom. The largest absolute Gasteiger partial charge is 0.393 e. The molecular weight excluding hydrogens is 150 g/mol. The Bertz CT molecular complexity index is 167. The Labute approximate surface area is 74.9 Å². The quantitative estimate of drug-likeness (QED) is 0.646. The molecule has 1 fully saturated rings. The van der Waals surface area contributed by atoms with Crippen LogP contribution in [0.1, 0.15) is 33.6 Å². The first-order valence-electron chi connectivity index (χ1n) is 4.64. The average molecular weight is 169 g/mol. The van der Waals surface area contributed by atoms with Crippen LogP contribution in [-0.4, -0.2) is 28.2 Å². The molecule has 0 amide bonds. The van der Waals surface area contributed by atoms with Crippen molar-refractivity contribution in [1.82, 2.24) is 4.90 Å². The SMILES string of the molecule is C=C(C)N1[C@H](C)CC(O)C[C@H]1C. The lowest BCUT2D eigenvalue weighted by Crippen LogP contribution is -2.46. The minimum Gasteiger partial charge on any atom is -0.393 e. The summed E-state index contributed by atoms with van der Waals surface area (Å²) in [5.41, 5.74) is 1.11. The van der Waals surface area contributed by atoms with Gasteiger partial charge in [0, 0.05) is 17.8 Å². The summed E-state index contributed by atoms with van der Waals surface area (Å²) in [7, 11) is 0. The number of nitrogens with zero attached hydrogens (tertiary/aromatic N) is 1. The summed E-state index contributed by atoms with van der Waals surface area (Å²) in [6.07, 6.45) is 1.62. The normalized spacial score (nSPS) is 36.7. The second kappa shape index (κ2) is 3.48. The van der Waals surface area contributed by atoms with Crippen LogP contribution in [0.4, 0.5) is 0 Å². The number of piperidine rings is 1. The molecule has 1 aliphatic heterocycles. The topological polar surface area (TPSA) is 23.5 Å². The standard InChI is InChI=1S/C10H19NO/c1-7(2)11-8(3)5-10(12)6-9(11)4/h8-10,12H,1,5-6H2,2-4H3/t8-,9-/m1/s1. The molecule has 1 N–H and O–H groups in total. The van der Waals surface area contributed by atoms with Crippen molar-refractivity contribution in [3.05, 3.63) is 12.3 Å². The maximum atomic E-state index is 9.49. The molecule has 0 aliphatic carbocycles. The molecule has 12 heavy (non-hydrogen) atoms. The van der Waals surface area contributed by atoms with Crippen LogP contribution in [0.5, 0.6) is 0 Å². The van der Waals surface area contributed by atoms with Crippen molar-refractivity contribution in [2.75, 3.05) is 0 Å². The number of likely N-dealkylation sites (tertiary alicyclic amines) is 1. The van der Waals surface area contributed by atoms with Gasteiger partial charge in [-0.1, -0.05) is 6.58 Å². The van der Waals surface area contributed by atoms with Gasteiger partial charge in [0.2, 0.25) is 0 Å². The Morgan fingerprint density at radius 2 is 1.75 bits per heavy atom. The molecular formula is C10H19NO. The molecule has 0 bridgehead atoms. The van der Waals surface area contributed by atoms with E-state index in [0.29, 0.717) is 12.1 Å². The molecule has 70 valence electrons. The van der Waals surface area contributed by atoms with Gasteiger partial charge in [0.15, 0.2) is 0 Å². The van der Waals surface area contributed by atoms with Crippen molar-refractivity contribution in [3.8, 4) is 0 Å². The summed E-state index contributed by atoms with van der Waals surface area (Å²) >= 11 is 0. The van der Waals surface area contributed by atoms with Crippen molar-refractivity contribution >= 4 is 0 Å². The molecule has 2 atom stereocenters. The highest BCUT2D eigenvalue weighted by molar-refractivity contribution is 4.98. The zero-order valence-electron chi connectivity index (χ0n) is 8.25. The molecule has 0 aromatic heterocycles. The van der Waals surface area contributed by atoms with Gasteiger partial charge in [0.1, 0.15) is 0 Å². The van der Waals surface area contributed by atoms with Crippen LogP contribution in [-0.2, 0) is 0 Å². The first-order valence-corrected chi connectivity index (χ1v) is 4.64. The van der Waals surface area contributed by atoms with E-state index in [4.69, 9.17) is 0 Å². The van der Waals surface area contributed by atoms with E-state index in [0.717, 1.165) is 18.5 Å². The highest BCUT2D eigenvalue weighted by Crippen LogP contribution is 2.25. The average Bonchev–Trinajstić information content (AvgIpc) is 1.82. The summed E-state index contributed by atoms with van der Waals surface area (Å²) in [5.74, 6) is 0. The van der Waals surface area contributed by atoms with Gasteiger partial charge >= 0.3 is 0 Å². The molecule has 1 saturated heterocycles. The van der Waals surface area contributed by atoms with Gasteiger partial charge in [-0.3, -0.25) is 0 Å². The first-order chi connectivity index (χ1) is 5.52. The van der Waals surface area contributed by atoms with Crippen LogP contribution in [0.3, 0.4) is 0 Å². The van der Waals surface area contributed by atoms with E-state index in [1.165, 1.54) is 0 Å². The van der Waals surface area contributed by atoms with E-state index in [2.05, 4.69) is 25.3 Å². The highest BCUT2D eigenvalue weighted by Gasteiger charge is 2.28. The van der Waals surface area contributed by atoms with Gasteiger partial charge in [-0.15, -0.1) is 0 Å². The lowest BCUT2D eigenvalue weighted by molar-refractivity contribution is 0.0340. The van der Waals surface area contributed by atoms with Crippen molar-refractivity contribution in [2.45, 2.75) is 51.8 Å². The van der Waals surface area contributed by atoms with Gasteiger partial charge in [0.05, 0.1) is 6.10 Å². The third kappa shape index (κ3) is 1.81. The number of allylic oxidation sites excluding steroid dienone is 1. The van der Waals surface area contributed by atoms with Gasteiger partial charge in [-0.2, -0.15) is 0 Å². The van der Waals surface area contributed by atoms with Gasteiger partial charge in [-0.05, 0) is 33.6 Å². The summed E-state index contributed by atoms with van der Waals surface area (Å²) in [6.45, 7) is 10.3. The molecule has 1 rings (SSSR count). The fourth-order valence-corrected chi connectivity index (χ4v) is 2.30. The zero-order chi connectivity index (χ0) is 9.30. The number of hydrogen-bond acceptors (Lipinski definition) is 2. The first kappa shape index (κ1) is 9.59. The van der Waals surface area contributed by atoms with E-state index in [1.54, 1.807) is 0 Å². The lowest BCUT2D eigenvalue weighted by Gasteiger charge is -2.43. The van der Waals surface area contributed by atoms with E-state index < -0.39 is 0 Å². The van der Waals surface area contributed by atoms with Crippen LogP contribution >= 0.6 is 0 Å². The summed E-state index contributed by atoms with van der Waals surface area (Å²) < 4.78 is 0. The number of aliphatic hydroxyl groups is 1. The number of rotatable bonds is 1. The second-order valence-electron chi connectivity index (χ2n) is 3.97. The van der Waals surface area contributed by atoms with Gasteiger partial charge in [0.25, 0.3) is 0 Å².